The van der Waals surface area contributed by atoms with E-state index in [0.29, 0.717) is 30.2 Å². The molecule has 0 aromatic heterocycles. The highest BCUT2D eigenvalue weighted by molar-refractivity contribution is 7.99. The van der Waals surface area contributed by atoms with Crippen LogP contribution in [0, 0.1) is 0 Å². The van der Waals surface area contributed by atoms with Crippen molar-refractivity contribution in [2.75, 3.05) is 19.4 Å². The van der Waals surface area contributed by atoms with E-state index in [1.54, 1.807) is 16.7 Å². The summed E-state index contributed by atoms with van der Waals surface area (Å²) in [6.07, 6.45) is 1.97. The fraction of sp³-hybridized carbons (Fsp3) is 0.467. The number of amides is 1. The van der Waals surface area contributed by atoms with Crippen molar-refractivity contribution in [3.63, 3.8) is 0 Å². The van der Waals surface area contributed by atoms with Gasteiger partial charge in [-0.1, -0.05) is 11.6 Å². The first kappa shape index (κ1) is 16.2. The quantitative estimate of drug-likeness (QED) is 0.616. The van der Waals surface area contributed by atoms with Gasteiger partial charge in [0.1, 0.15) is 6.04 Å². The van der Waals surface area contributed by atoms with E-state index in [-0.39, 0.29) is 11.9 Å². The molecule has 1 amide bonds. The van der Waals surface area contributed by atoms with Crippen LogP contribution in [0.25, 0.3) is 0 Å². The number of ether oxygens (including phenoxy) is 1. The molecule has 0 N–H and O–H groups in total. The Hall–Kier alpha value is -1.20. The molecule has 1 aliphatic heterocycles. The summed E-state index contributed by atoms with van der Waals surface area (Å²) < 4.78 is 4.75. The average Bonchev–Trinajstić information content (AvgIpc) is 2.98. The minimum atomic E-state index is -0.400. The molecule has 0 saturated carbocycles. The molecule has 1 aliphatic rings. The minimum Gasteiger partial charge on any atom is -0.467 e. The topological polar surface area (TPSA) is 46.6 Å². The van der Waals surface area contributed by atoms with Gasteiger partial charge in [-0.15, -0.1) is 11.8 Å². The molecule has 1 heterocycles. The molecule has 0 spiro atoms. The van der Waals surface area contributed by atoms with E-state index in [4.69, 9.17) is 16.3 Å². The molecule has 0 bridgehead atoms. The molecule has 4 nitrogen and oxygen atoms in total. The molecule has 1 aromatic carbocycles. The van der Waals surface area contributed by atoms with Crippen LogP contribution >= 0.6 is 23.4 Å². The number of methoxy groups -OCH3 is 1. The van der Waals surface area contributed by atoms with Crippen molar-refractivity contribution < 1.29 is 14.3 Å². The molecule has 2 rings (SSSR count). The number of esters is 1. The largest absolute Gasteiger partial charge is 0.467 e. The molecule has 114 valence electrons. The Morgan fingerprint density at radius 3 is 2.76 bits per heavy atom. The van der Waals surface area contributed by atoms with E-state index in [9.17, 15) is 9.59 Å². The normalized spacial score (nSPS) is 17.8. The summed E-state index contributed by atoms with van der Waals surface area (Å²) in [5, 5.41) is 0.702. The van der Waals surface area contributed by atoms with E-state index < -0.39 is 6.04 Å². The number of hydrogen-bond acceptors (Lipinski definition) is 4. The fourth-order valence-electron chi connectivity index (χ4n) is 2.38. The second-order valence-corrected chi connectivity index (χ2v) is 6.43. The van der Waals surface area contributed by atoms with Gasteiger partial charge in [0.05, 0.1) is 7.11 Å². The van der Waals surface area contributed by atoms with Crippen molar-refractivity contribution in [2.24, 2.45) is 0 Å². The lowest BCUT2D eigenvalue weighted by Crippen LogP contribution is -2.41. The zero-order chi connectivity index (χ0) is 15.2. The van der Waals surface area contributed by atoms with E-state index in [2.05, 4.69) is 0 Å². The van der Waals surface area contributed by atoms with Gasteiger partial charge in [0.25, 0.3) is 0 Å². The Morgan fingerprint density at radius 2 is 2.10 bits per heavy atom. The average molecular weight is 328 g/mol. The summed E-state index contributed by atoms with van der Waals surface area (Å²) >= 11 is 7.44. The van der Waals surface area contributed by atoms with Gasteiger partial charge in [-0.25, -0.2) is 4.79 Å². The summed E-state index contributed by atoms with van der Waals surface area (Å²) in [5.74, 6) is 0.390. The van der Waals surface area contributed by atoms with Crippen LogP contribution in [0.2, 0.25) is 5.02 Å². The van der Waals surface area contributed by atoms with E-state index in [1.807, 2.05) is 24.3 Å². The number of rotatable bonds is 5. The Labute approximate surface area is 133 Å². The lowest BCUT2D eigenvalue weighted by atomic mass is 10.2. The van der Waals surface area contributed by atoms with Gasteiger partial charge in [0, 0.05) is 28.6 Å². The van der Waals surface area contributed by atoms with Crippen LogP contribution in [0.4, 0.5) is 0 Å². The predicted octanol–water partition coefficient (Wildman–Crippen LogP) is 2.99. The first-order valence-electron chi connectivity index (χ1n) is 6.87. The molecule has 1 saturated heterocycles. The van der Waals surface area contributed by atoms with Crippen molar-refractivity contribution in [3.05, 3.63) is 29.3 Å². The number of likely N-dealkylation sites (tertiary alicyclic amines) is 1. The van der Waals surface area contributed by atoms with Gasteiger partial charge < -0.3 is 9.64 Å². The number of carbonyl (C=O) groups is 2. The number of halogens is 1. The molecule has 1 aromatic rings. The fourth-order valence-corrected chi connectivity index (χ4v) is 3.34. The smallest absolute Gasteiger partial charge is 0.328 e. The predicted molar refractivity (Wildman–Crippen MR) is 83.5 cm³/mol. The first-order valence-corrected chi connectivity index (χ1v) is 8.24. The number of hydrogen-bond donors (Lipinski definition) is 0. The molecule has 1 atom stereocenters. The van der Waals surface area contributed by atoms with Crippen LogP contribution < -0.4 is 0 Å². The zero-order valence-electron chi connectivity index (χ0n) is 11.9. The van der Waals surface area contributed by atoms with Gasteiger partial charge in [0.15, 0.2) is 0 Å². The summed E-state index contributed by atoms with van der Waals surface area (Å²) in [6.45, 7) is 0.643. The lowest BCUT2D eigenvalue weighted by Gasteiger charge is -2.22. The molecular formula is C15H18ClNO3S. The van der Waals surface area contributed by atoms with Gasteiger partial charge in [0.2, 0.25) is 5.91 Å². The van der Waals surface area contributed by atoms with E-state index in [1.165, 1.54) is 7.11 Å². The summed E-state index contributed by atoms with van der Waals surface area (Å²) in [5.41, 5.74) is 0. The van der Waals surface area contributed by atoms with Crippen LogP contribution in [0.5, 0.6) is 0 Å². The van der Waals surface area contributed by atoms with Crippen molar-refractivity contribution in [3.8, 4) is 0 Å². The van der Waals surface area contributed by atoms with Crippen molar-refractivity contribution in [2.45, 2.75) is 30.2 Å². The first-order chi connectivity index (χ1) is 10.1. The third-order valence-electron chi connectivity index (χ3n) is 3.44. The molecular weight excluding hydrogens is 310 g/mol. The maximum absolute atomic E-state index is 12.2. The number of nitrogens with zero attached hydrogens (tertiary/aromatic N) is 1. The molecule has 1 unspecified atom stereocenters. The summed E-state index contributed by atoms with van der Waals surface area (Å²) in [4.78, 5) is 26.6. The van der Waals surface area contributed by atoms with Crippen molar-refractivity contribution >= 4 is 35.2 Å². The number of thioether (sulfide) groups is 1. The van der Waals surface area contributed by atoms with Gasteiger partial charge in [-0.05, 0) is 37.1 Å². The standard InChI is InChI=1S/C15H18ClNO3S/c1-20-15(19)13-3-2-9-17(13)14(18)8-10-21-12-6-4-11(16)5-7-12/h4-7,13H,2-3,8-10H2,1H3. The monoisotopic (exact) mass is 327 g/mol. The Kier molecular flexibility index (Phi) is 5.94. The maximum atomic E-state index is 12.2. The van der Waals surface area contributed by atoms with Gasteiger partial charge in [-0.3, -0.25) is 4.79 Å². The Bertz CT molecular complexity index is 506. The molecule has 6 heteroatoms. The van der Waals surface area contributed by atoms with Crippen LogP contribution in [0.1, 0.15) is 19.3 Å². The molecule has 1 fully saturated rings. The van der Waals surface area contributed by atoms with E-state index >= 15 is 0 Å². The number of carbonyl (C=O) groups excluding carboxylic acids is 2. The second kappa shape index (κ2) is 7.71. The van der Waals surface area contributed by atoms with Crippen LogP contribution in [-0.4, -0.2) is 42.2 Å². The zero-order valence-corrected chi connectivity index (χ0v) is 13.5. The van der Waals surface area contributed by atoms with Gasteiger partial charge in [-0.2, -0.15) is 0 Å². The van der Waals surface area contributed by atoms with Crippen LogP contribution in [0.3, 0.4) is 0 Å². The van der Waals surface area contributed by atoms with Crippen LogP contribution in [0.15, 0.2) is 29.2 Å². The molecule has 0 aliphatic carbocycles. The maximum Gasteiger partial charge on any atom is 0.328 e. The molecule has 21 heavy (non-hydrogen) atoms. The number of benzene rings is 1. The Balaban J connectivity index is 1.81. The van der Waals surface area contributed by atoms with Crippen molar-refractivity contribution in [1.82, 2.24) is 4.90 Å². The lowest BCUT2D eigenvalue weighted by molar-refractivity contribution is -0.150. The second-order valence-electron chi connectivity index (χ2n) is 4.82. The highest BCUT2D eigenvalue weighted by atomic mass is 35.5. The SMILES string of the molecule is COC(=O)C1CCCN1C(=O)CCSc1ccc(Cl)cc1. The van der Waals surface area contributed by atoms with E-state index in [0.717, 1.165) is 11.3 Å². The van der Waals surface area contributed by atoms with Crippen molar-refractivity contribution in [1.29, 1.82) is 0 Å². The van der Waals surface area contributed by atoms with Crippen LogP contribution in [-0.2, 0) is 14.3 Å². The highest BCUT2D eigenvalue weighted by Gasteiger charge is 2.34. The minimum absolute atomic E-state index is 0.0179. The van der Waals surface area contributed by atoms with Gasteiger partial charge >= 0.3 is 5.97 Å². The highest BCUT2D eigenvalue weighted by Crippen LogP contribution is 2.23. The summed E-state index contributed by atoms with van der Waals surface area (Å²) in [6, 6.07) is 7.14. The molecule has 0 radical (unpaired) electrons. The third kappa shape index (κ3) is 4.38. The Morgan fingerprint density at radius 1 is 1.38 bits per heavy atom. The summed E-state index contributed by atoms with van der Waals surface area (Å²) in [7, 11) is 1.36. The third-order valence-corrected chi connectivity index (χ3v) is 4.71.